The molecule has 7 heteroatoms. The zero-order valence-electron chi connectivity index (χ0n) is 15.2. The fraction of sp³-hybridized carbons (Fsp3) is 0.238. The summed E-state index contributed by atoms with van der Waals surface area (Å²) >= 11 is 0. The number of carbonyl (C=O) groups excluding carboxylic acids is 2. The first-order valence-corrected chi connectivity index (χ1v) is 9.35. The number of nitrogens with one attached hydrogen (secondary N) is 1. The number of nitrogens with two attached hydrogens (primary N) is 1. The van der Waals surface area contributed by atoms with Gasteiger partial charge in [0.25, 0.3) is 5.91 Å². The Hall–Kier alpha value is -3.32. The summed E-state index contributed by atoms with van der Waals surface area (Å²) in [6, 6.07) is 12.9. The molecule has 3 N–H and O–H groups in total. The molecule has 7 nitrogen and oxygen atoms in total. The van der Waals surface area contributed by atoms with E-state index < -0.39 is 0 Å². The van der Waals surface area contributed by atoms with Crippen molar-refractivity contribution >= 4 is 28.4 Å². The first kappa shape index (κ1) is 16.8. The lowest BCUT2D eigenvalue weighted by Gasteiger charge is -2.14. The van der Waals surface area contributed by atoms with Gasteiger partial charge in [-0.25, -0.2) is 4.90 Å². The molecule has 3 heterocycles. The molecule has 1 saturated heterocycles. The van der Waals surface area contributed by atoms with Gasteiger partial charge >= 0.3 is 0 Å². The van der Waals surface area contributed by atoms with Crippen molar-refractivity contribution in [3.63, 3.8) is 0 Å². The Kier molecular flexibility index (Phi) is 4.02. The van der Waals surface area contributed by atoms with Crippen LogP contribution in [0.3, 0.4) is 0 Å². The second kappa shape index (κ2) is 6.69. The number of imide groups is 1. The van der Waals surface area contributed by atoms with E-state index in [2.05, 4.69) is 11.1 Å². The number of quaternary nitrogens is 1. The number of para-hydroxylation sites is 1. The van der Waals surface area contributed by atoms with Crippen molar-refractivity contribution in [1.82, 2.24) is 4.98 Å². The van der Waals surface area contributed by atoms with Crippen LogP contribution in [0.1, 0.15) is 12.0 Å². The largest absolute Gasteiger partial charge is 0.454 e. The molecular weight excluding hydrogens is 358 g/mol. The molecule has 1 aromatic heterocycles. The Morgan fingerprint density at radius 3 is 2.89 bits per heavy atom. The molecule has 0 bridgehead atoms. The Balaban J connectivity index is 1.26. The van der Waals surface area contributed by atoms with Crippen molar-refractivity contribution in [3.05, 3.63) is 54.2 Å². The molecule has 2 aliphatic heterocycles. The highest BCUT2D eigenvalue weighted by Gasteiger charge is 2.42. The second-order valence-electron chi connectivity index (χ2n) is 7.05. The monoisotopic (exact) mass is 378 g/mol. The highest BCUT2D eigenvalue weighted by atomic mass is 16.7. The van der Waals surface area contributed by atoms with E-state index in [-0.39, 0.29) is 31.1 Å². The van der Waals surface area contributed by atoms with Gasteiger partial charge < -0.3 is 19.8 Å². The molecule has 5 rings (SSSR count). The van der Waals surface area contributed by atoms with Gasteiger partial charge in [-0.15, -0.1) is 0 Å². The van der Waals surface area contributed by atoms with Crippen LogP contribution in [0.4, 0.5) is 5.69 Å². The molecule has 3 aromatic rings. The molecule has 0 saturated carbocycles. The quantitative estimate of drug-likeness (QED) is 0.656. The minimum atomic E-state index is -0.386. The maximum Gasteiger partial charge on any atom is 0.292 e. The minimum Gasteiger partial charge on any atom is -0.454 e. The molecule has 0 spiro atoms. The van der Waals surface area contributed by atoms with Gasteiger partial charge in [-0.1, -0.05) is 18.2 Å². The van der Waals surface area contributed by atoms with Crippen LogP contribution in [0.2, 0.25) is 0 Å². The number of fused-ring (bicyclic) bond motifs is 2. The standard InChI is InChI=1S/C21H19N3O4/c25-20-10-17(22-8-7-13-11-23-16-4-2-1-3-15(13)16)21(26)24(20)14-5-6-18-19(9-14)28-12-27-18/h1-6,9,11,17,22-23H,7-8,10,12H2/p+1/t17-/m0/s1. The summed E-state index contributed by atoms with van der Waals surface area (Å²) in [6.07, 6.45) is 3.05. The number of H-pyrrole nitrogens is 1. The highest BCUT2D eigenvalue weighted by molar-refractivity contribution is 6.21. The first-order valence-electron chi connectivity index (χ1n) is 9.35. The molecule has 2 aliphatic rings. The van der Waals surface area contributed by atoms with Crippen LogP contribution < -0.4 is 19.7 Å². The molecule has 0 unspecified atom stereocenters. The Bertz CT molecular complexity index is 1070. The number of amides is 2. The molecule has 2 aromatic carbocycles. The average molecular weight is 378 g/mol. The maximum absolute atomic E-state index is 12.8. The van der Waals surface area contributed by atoms with E-state index in [1.165, 1.54) is 15.8 Å². The number of anilines is 1. The van der Waals surface area contributed by atoms with E-state index in [0.717, 1.165) is 18.5 Å². The number of ether oxygens (including phenoxy) is 2. The smallest absolute Gasteiger partial charge is 0.292 e. The van der Waals surface area contributed by atoms with Crippen LogP contribution in [0.25, 0.3) is 10.9 Å². The number of hydrogen-bond donors (Lipinski definition) is 2. The van der Waals surface area contributed by atoms with Crippen LogP contribution in [0.15, 0.2) is 48.7 Å². The van der Waals surface area contributed by atoms with E-state index in [1.807, 2.05) is 29.7 Å². The number of aromatic nitrogens is 1. The van der Waals surface area contributed by atoms with E-state index in [4.69, 9.17) is 9.47 Å². The Morgan fingerprint density at radius 1 is 1.11 bits per heavy atom. The number of nitrogens with zero attached hydrogens (tertiary/aromatic N) is 1. The van der Waals surface area contributed by atoms with Crippen LogP contribution in [-0.2, 0) is 16.0 Å². The van der Waals surface area contributed by atoms with Gasteiger partial charge in [-0.05, 0) is 23.8 Å². The summed E-state index contributed by atoms with van der Waals surface area (Å²) < 4.78 is 10.6. The molecule has 1 atom stereocenters. The van der Waals surface area contributed by atoms with Crippen molar-refractivity contribution in [1.29, 1.82) is 0 Å². The summed E-state index contributed by atoms with van der Waals surface area (Å²) in [7, 11) is 0. The van der Waals surface area contributed by atoms with Gasteiger partial charge in [-0.3, -0.25) is 9.59 Å². The van der Waals surface area contributed by atoms with Gasteiger partial charge in [0.1, 0.15) is 0 Å². The van der Waals surface area contributed by atoms with Gasteiger partial charge in [0.2, 0.25) is 12.7 Å². The van der Waals surface area contributed by atoms with Crippen LogP contribution in [0.5, 0.6) is 11.5 Å². The normalized spacial score (nSPS) is 18.4. The predicted molar refractivity (Wildman–Crippen MR) is 102 cm³/mol. The van der Waals surface area contributed by atoms with Crippen molar-refractivity contribution in [2.75, 3.05) is 18.2 Å². The zero-order chi connectivity index (χ0) is 19.1. The third-order valence-corrected chi connectivity index (χ3v) is 5.34. The number of aromatic amines is 1. The van der Waals surface area contributed by atoms with Gasteiger partial charge in [0, 0.05) is 29.6 Å². The van der Waals surface area contributed by atoms with E-state index in [0.29, 0.717) is 17.2 Å². The lowest BCUT2D eigenvalue weighted by Crippen LogP contribution is -2.92. The van der Waals surface area contributed by atoms with E-state index in [1.54, 1.807) is 18.2 Å². The third kappa shape index (κ3) is 2.80. The SMILES string of the molecule is O=C1C[C@H]([NH2+]CCc2c[nH]c3ccccc23)C(=O)N1c1ccc2c(c1)OCO2. The minimum absolute atomic E-state index is 0.158. The lowest BCUT2D eigenvalue weighted by atomic mass is 10.1. The predicted octanol–water partition coefficient (Wildman–Crippen LogP) is 1.33. The van der Waals surface area contributed by atoms with Crippen LogP contribution >= 0.6 is 0 Å². The summed E-state index contributed by atoms with van der Waals surface area (Å²) in [5.74, 6) is 0.828. The van der Waals surface area contributed by atoms with E-state index >= 15 is 0 Å². The molecule has 142 valence electrons. The van der Waals surface area contributed by atoms with Crippen LogP contribution in [0, 0.1) is 0 Å². The molecular formula is C21H20N3O4+. The average Bonchev–Trinajstić information content (AvgIpc) is 3.40. The fourth-order valence-corrected chi connectivity index (χ4v) is 3.91. The topological polar surface area (TPSA) is 88.2 Å². The summed E-state index contributed by atoms with van der Waals surface area (Å²) in [4.78, 5) is 29.8. The summed E-state index contributed by atoms with van der Waals surface area (Å²) in [5, 5.41) is 3.17. The van der Waals surface area contributed by atoms with Gasteiger partial charge in [-0.2, -0.15) is 0 Å². The van der Waals surface area contributed by atoms with Crippen molar-refractivity contribution < 1.29 is 24.4 Å². The van der Waals surface area contributed by atoms with Crippen molar-refractivity contribution in [2.45, 2.75) is 18.9 Å². The Morgan fingerprint density at radius 2 is 1.96 bits per heavy atom. The van der Waals surface area contributed by atoms with Crippen molar-refractivity contribution in [2.24, 2.45) is 0 Å². The maximum atomic E-state index is 12.8. The molecule has 2 amide bonds. The number of carbonyl (C=O) groups is 2. The van der Waals surface area contributed by atoms with Crippen LogP contribution in [-0.4, -0.2) is 36.2 Å². The molecule has 0 radical (unpaired) electrons. The van der Waals surface area contributed by atoms with Gasteiger partial charge in [0.05, 0.1) is 18.7 Å². The third-order valence-electron chi connectivity index (χ3n) is 5.34. The molecule has 1 fully saturated rings. The summed E-state index contributed by atoms with van der Waals surface area (Å²) in [6.45, 7) is 0.894. The Labute approximate surface area is 161 Å². The zero-order valence-corrected chi connectivity index (χ0v) is 15.2. The fourth-order valence-electron chi connectivity index (χ4n) is 3.91. The number of rotatable bonds is 5. The molecule has 0 aliphatic carbocycles. The summed E-state index contributed by atoms with van der Waals surface area (Å²) in [5.41, 5.74) is 2.86. The van der Waals surface area contributed by atoms with Gasteiger partial charge in [0.15, 0.2) is 17.5 Å². The highest BCUT2D eigenvalue weighted by Crippen LogP contribution is 2.36. The van der Waals surface area contributed by atoms with Crippen molar-refractivity contribution in [3.8, 4) is 11.5 Å². The second-order valence-corrected chi connectivity index (χ2v) is 7.05. The van der Waals surface area contributed by atoms with E-state index in [9.17, 15) is 9.59 Å². The number of benzene rings is 2. The number of hydrogen-bond acceptors (Lipinski definition) is 4. The lowest BCUT2D eigenvalue weighted by molar-refractivity contribution is -0.674. The first-order chi connectivity index (χ1) is 13.7. The molecule has 28 heavy (non-hydrogen) atoms.